The number of hydrogen-bond acceptors (Lipinski definition) is 10. The van der Waals surface area contributed by atoms with Crippen molar-refractivity contribution in [2.45, 2.75) is 66.2 Å². The number of ketones is 2. The van der Waals surface area contributed by atoms with E-state index in [-0.39, 0.29) is 54.7 Å². The zero-order valence-corrected chi connectivity index (χ0v) is 30.1. The minimum atomic E-state index is -0.943. The third kappa shape index (κ3) is 10.9. The Morgan fingerprint density at radius 1 is 0.702 bits per heavy atom. The summed E-state index contributed by atoms with van der Waals surface area (Å²) in [5.74, 6) is -0.838. The Balaban J connectivity index is 0.000000451. The fourth-order valence-electron chi connectivity index (χ4n) is 4.93. The van der Waals surface area contributed by atoms with E-state index >= 15 is 0 Å². The number of esters is 1. The summed E-state index contributed by atoms with van der Waals surface area (Å²) in [7, 11) is 4.65. The number of carboxylic acids is 1. The number of ether oxygens (including phenoxy) is 3. The van der Waals surface area contributed by atoms with Crippen molar-refractivity contribution in [3.63, 3.8) is 0 Å². The number of fused-ring (bicyclic) bond motifs is 2. The van der Waals surface area contributed by atoms with Crippen LogP contribution in [0.25, 0.3) is 20.2 Å². The van der Waals surface area contributed by atoms with Gasteiger partial charge >= 0.3 is 30.8 Å². The average Bonchev–Trinajstić information content (AvgIpc) is 3.64. The van der Waals surface area contributed by atoms with E-state index in [4.69, 9.17) is 14.6 Å². The fourth-order valence-corrected chi connectivity index (χ4v) is 7.04. The number of methoxy groups -OCH3 is 3. The molecule has 250 valence electrons. The molecule has 0 amide bonds. The molecule has 2 aromatic heterocycles. The maximum Gasteiger partial charge on any atom is 1.00 e. The van der Waals surface area contributed by atoms with Crippen molar-refractivity contribution in [1.29, 1.82) is 0 Å². The maximum atomic E-state index is 12.4. The number of hydrogen-bond donors (Lipinski definition) is 1. The van der Waals surface area contributed by atoms with Crippen molar-refractivity contribution in [3.05, 3.63) is 57.3 Å². The molecule has 0 fully saturated rings. The van der Waals surface area contributed by atoms with Crippen LogP contribution in [0.3, 0.4) is 0 Å². The van der Waals surface area contributed by atoms with E-state index in [1.807, 2.05) is 24.3 Å². The summed E-state index contributed by atoms with van der Waals surface area (Å²) in [6.07, 6.45) is 4.13. The first-order chi connectivity index (χ1) is 21.4. The van der Waals surface area contributed by atoms with Crippen LogP contribution >= 0.6 is 22.7 Å². The quantitative estimate of drug-likeness (QED) is 0.108. The number of carboxylic acid groups (broad SMARTS) is 1. The van der Waals surface area contributed by atoms with Gasteiger partial charge in [-0.25, -0.2) is 0 Å². The molecule has 0 aliphatic heterocycles. The Kier molecular flexibility index (Phi) is 17.4. The monoisotopic (exact) mass is 678 g/mol. The Morgan fingerprint density at radius 3 is 1.45 bits per heavy atom. The Hall–Kier alpha value is -3.20. The normalized spacial score (nSPS) is 11.7. The van der Waals surface area contributed by atoms with E-state index in [0.717, 1.165) is 68.5 Å². The van der Waals surface area contributed by atoms with Crippen LogP contribution in [-0.4, -0.2) is 55.4 Å². The first-order valence-electron chi connectivity index (χ1n) is 15.0. The minimum absolute atomic E-state index is 0. The molecule has 2 heterocycles. The second kappa shape index (κ2) is 19.6. The van der Waals surface area contributed by atoms with E-state index in [1.54, 1.807) is 28.1 Å². The molecular weight excluding hydrogens is 635 g/mol. The molecule has 12 heteroatoms. The summed E-state index contributed by atoms with van der Waals surface area (Å²) in [6, 6.07) is 11.8. The number of rotatable bonds is 14. The Labute approximate surface area is 296 Å². The second-order valence-electron chi connectivity index (χ2n) is 11.0. The van der Waals surface area contributed by atoms with Crippen molar-refractivity contribution < 1.29 is 62.8 Å². The van der Waals surface area contributed by atoms with Crippen molar-refractivity contribution in [2.24, 2.45) is 11.8 Å². The van der Waals surface area contributed by atoms with Gasteiger partial charge in [-0.3, -0.25) is 19.2 Å². The molecule has 4 rings (SSSR count). The van der Waals surface area contributed by atoms with Gasteiger partial charge in [0.25, 0.3) is 0 Å². The van der Waals surface area contributed by atoms with Crippen LogP contribution in [0.5, 0.6) is 11.5 Å². The van der Waals surface area contributed by atoms with Crippen LogP contribution in [0.15, 0.2) is 36.4 Å². The van der Waals surface area contributed by atoms with Gasteiger partial charge in [0.05, 0.1) is 42.9 Å². The van der Waals surface area contributed by atoms with E-state index in [0.29, 0.717) is 9.75 Å². The molecule has 0 bridgehead atoms. The van der Waals surface area contributed by atoms with Crippen molar-refractivity contribution in [3.8, 4) is 11.5 Å². The SMILES string of the molecule is CCCc1cc2sc(C(=O)C[C@H](C)C(=O)O)cc2cc1OC.CCCc1cc2sc(C(=O)C[C@H](C)C(=O)OC)cc2cc1OC.[Li+].[OH-]. The van der Waals surface area contributed by atoms with Crippen molar-refractivity contribution >= 4 is 66.4 Å². The fraction of sp³-hybridized carbons (Fsp3) is 0.429. The molecule has 4 aromatic rings. The Bertz CT molecular complexity index is 1670. The number of aliphatic carboxylic acids is 1. The van der Waals surface area contributed by atoms with Gasteiger partial charge in [0, 0.05) is 22.2 Å². The third-order valence-corrected chi connectivity index (χ3v) is 9.71. The van der Waals surface area contributed by atoms with Crippen LogP contribution in [0.2, 0.25) is 0 Å². The standard InChI is InChI=1S/C18H22O4S.C17H20O4S.Li.H2O/c1-5-6-12-9-16-13(8-15(12)21-3)10-17(23-16)14(19)7-11(2)18(20)22-4;1-4-5-11-8-15-12(7-14(11)21-3)9-16(22-15)13(18)6-10(2)17(19)20;;/h8-11H,5-7H2,1-4H3;7-10H,4-6H2,1-3H3,(H,19,20);;1H2/q;;+1;/p-1/t11-;10-;;/m00../s1. The second-order valence-corrected chi connectivity index (χ2v) is 13.2. The summed E-state index contributed by atoms with van der Waals surface area (Å²) in [4.78, 5) is 48.2. The predicted octanol–water partition coefficient (Wildman–Crippen LogP) is 5.23. The van der Waals surface area contributed by atoms with Gasteiger partial charge in [0.15, 0.2) is 11.6 Å². The van der Waals surface area contributed by atoms with Crippen LogP contribution in [0.1, 0.15) is 83.8 Å². The zero-order chi connectivity index (χ0) is 33.3. The van der Waals surface area contributed by atoms with Crippen LogP contribution in [0, 0.1) is 11.8 Å². The molecule has 9 nitrogen and oxygen atoms in total. The maximum absolute atomic E-state index is 12.4. The molecule has 2 atom stereocenters. The summed E-state index contributed by atoms with van der Waals surface area (Å²) >= 11 is 2.89. The molecule has 0 aliphatic carbocycles. The number of carbonyl (C=O) groups excluding carboxylic acids is 3. The number of thiophene rings is 2. The first kappa shape index (κ1) is 41.8. The van der Waals surface area contributed by atoms with Crippen molar-refractivity contribution in [1.82, 2.24) is 0 Å². The summed E-state index contributed by atoms with van der Waals surface area (Å²) in [5.41, 5.74) is 2.29. The van der Waals surface area contributed by atoms with Gasteiger partial charge in [0.1, 0.15) is 11.5 Å². The van der Waals surface area contributed by atoms with Crippen LogP contribution < -0.4 is 28.3 Å². The number of aryl methyl sites for hydroxylation is 2. The topological polar surface area (TPSA) is 146 Å². The number of Topliss-reactive ketones (excluding diaryl/α,β-unsaturated/α-hetero) is 2. The van der Waals surface area contributed by atoms with E-state index in [1.165, 1.54) is 29.8 Å². The van der Waals surface area contributed by atoms with Crippen molar-refractivity contribution in [2.75, 3.05) is 21.3 Å². The number of benzene rings is 2. The van der Waals surface area contributed by atoms with Gasteiger partial charge in [-0.15, -0.1) is 22.7 Å². The van der Waals surface area contributed by atoms with Gasteiger partial charge < -0.3 is 24.8 Å². The first-order valence-corrected chi connectivity index (χ1v) is 16.7. The largest absolute Gasteiger partial charge is 1.00 e. The van der Waals surface area contributed by atoms with Gasteiger partial charge in [-0.2, -0.15) is 0 Å². The minimum Gasteiger partial charge on any atom is -0.870 e. The molecule has 0 spiro atoms. The zero-order valence-electron chi connectivity index (χ0n) is 28.4. The third-order valence-electron chi connectivity index (χ3n) is 7.44. The van der Waals surface area contributed by atoms with Crippen LogP contribution in [0.4, 0.5) is 0 Å². The molecule has 2 N–H and O–H groups in total. The predicted molar refractivity (Wildman–Crippen MR) is 183 cm³/mol. The summed E-state index contributed by atoms with van der Waals surface area (Å²) in [5, 5.41) is 10.9. The Morgan fingerprint density at radius 2 is 1.11 bits per heavy atom. The molecule has 0 aliphatic rings. The van der Waals surface area contributed by atoms with Gasteiger partial charge in [-0.1, -0.05) is 40.5 Å². The summed E-state index contributed by atoms with van der Waals surface area (Å²) in [6.45, 7) is 7.50. The van der Waals surface area contributed by atoms with E-state index < -0.39 is 17.8 Å². The van der Waals surface area contributed by atoms with Gasteiger partial charge in [0.2, 0.25) is 0 Å². The number of carbonyl (C=O) groups is 4. The molecule has 0 saturated heterocycles. The molecule has 0 radical (unpaired) electrons. The van der Waals surface area contributed by atoms with E-state index in [9.17, 15) is 19.2 Å². The van der Waals surface area contributed by atoms with Gasteiger partial charge in [-0.05, 0) is 71.1 Å². The average molecular weight is 679 g/mol. The molecule has 47 heavy (non-hydrogen) atoms. The molecule has 2 aromatic carbocycles. The molecular formula is C35H43LiO9S2. The van der Waals surface area contributed by atoms with E-state index in [2.05, 4.69) is 30.7 Å². The smallest absolute Gasteiger partial charge is 0.870 e. The molecule has 0 saturated carbocycles. The molecule has 0 unspecified atom stereocenters. The van der Waals surface area contributed by atoms with Crippen LogP contribution in [-0.2, 0) is 27.2 Å². The summed E-state index contributed by atoms with van der Waals surface area (Å²) < 4.78 is 17.6.